The fourth-order valence-corrected chi connectivity index (χ4v) is 4.27. The van der Waals surface area contributed by atoms with E-state index in [1.54, 1.807) is 0 Å². The van der Waals surface area contributed by atoms with E-state index in [0.717, 1.165) is 23.5 Å². The minimum Gasteiger partial charge on any atom is -0.351 e. The van der Waals surface area contributed by atoms with E-state index in [1.165, 1.54) is 10.4 Å². The maximum atomic E-state index is 13.2. The summed E-state index contributed by atoms with van der Waals surface area (Å²) in [5.74, 6) is -0.670. The van der Waals surface area contributed by atoms with E-state index in [4.69, 9.17) is 11.6 Å². The lowest BCUT2D eigenvalue weighted by molar-refractivity contribution is -0.895. The smallest absolute Gasteiger partial charge is 0.275 e. The van der Waals surface area contributed by atoms with Gasteiger partial charge < -0.3 is 10.2 Å². The second kappa shape index (κ2) is 8.24. The second-order valence-corrected chi connectivity index (χ2v) is 8.10. The topological polar surface area (TPSA) is 70.9 Å². The predicted octanol–water partition coefficient (Wildman–Crippen LogP) is -0.105. The van der Waals surface area contributed by atoms with Gasteiger partial charge >= 0.3 is 0 Å². The lowest BCUT2D eigenvalue weighted by atomic mass is 10.3. The molecule has 1 heterocycles. The van der Waals surface area contributed by atoms with Crippen molar-refractivity contribution in [3.8, 4) is 0 Å². The van der Waals surface area contributed by atoms with E-state index in [0.29, 0.717) is 39.3 Å². The first kappa shape index (κ1) is 19.1. The van der Waals surface area contributed by atoms with Gasteiger partial charge in [0, 0.05) is 6.54 Å². The first-order valence-corrected chi connectivity index (χ1v) is 9.72. The molecule has 2 N–H and O–H groups in total. The summed E-state index contributed by atoms with van der Waals surface area (Å²) in [5.41, 5.74) is 0. The normalized spacial score (nSPS) is 17.0. The number of amides is 1. The number of quaternary nitrogens is 1. The predicted molar refractivity (Wildman–Crippen MR) is 89.0 cm³/mol. The number of rotatable bonds is 6. The number of halogens is 2. The van der Waals surface area contributed by atoms with Crippen LogP contribution in [0.5, 0.6) is 0 Å². The molecule has 1 aromatic rings. The highest BCUT2D eigenvalue weighted by molar-refractivity contribution is 7.89. The number of hydrogen-bond donors (Lipinski definition) is 2. The molecule has 1 amide bonds. The van der Waals surface area contributed by atoms with Crippen molar-refractivity contribution in [2.75, 3.05) is 39.3 Å². The summed E-state index contributed by atoms with van der Waals surface area (Å²) < 4.78 is 39.7. The van der Waals surface area contributed by atoms with Crippen molar-refractivity contribution in [3.63, 3.8) is 0 Å². The van der Waals surface area contributed by atoms with Crippen LogP contribution in [0.1, 0.15) is 13.3 Å². The summed E-state index contributed by atoms with van der Waals surface area (Å²) in [5, 5.41) is 2.60. The molecule has 2 rings (SSSR count). The van der Waals surface area contributed by atoms with Crippen LogP contribution in [0, 0.1) is 5.82 Å². The Balaban J connectivity index is 1.95. The summed E-state index contributed by atoms with van der Waals surface area (Å²) in [6.07, 6.45) is 0.882. The van der Waals surface area contributed by atoms with E-state index >= 15 is 0 Å². The summed E-state index contributed by atoms with van der Waals surface area (Å²) in [7, 11) is -3.70. The van der Waals surface area contributed by atoms with Crippen LogP contribution in [0.4, 0.5) is 4.39 Å². The maximum Gasteiger partial charge on any atom is 0.275 e. The van der Waals surface area contributed by atoms with Crippen LogP contribution in [0.2, 0.25) is 5.02 Å². The number of sulfonamides is 1. The van der Waals surface area contributed by atoms with Gasteiger partial charge in [-0.05, 0) is 24.6 Å². The fraction of sp³-hybridized carbons (Fsp3) is 0.533. The average Bonchev–Trinajstić information content (AvgIpc) is 2.56. The van der Waals surface area contributed by atoms with Crippen LogP contribution < -0.4 is 10.2 Å². The summed E-state index contributed by atoms with van der Waals surface area (Å²) in [4.78, 5) is 12.8. The van der Waals surface area contributed by atoms with Crippen molar-refractivity contribution in [1.82, 2.24) is 9.62 Å². The third kappa shape index (κ3) is 4.66. The number of piperazine rings is 1. The molecule has 0 saturated carbocycles. The highest BCUT2D eigenvalue weighted by Gasteiger charge is 2.31. The molecule has 1 fully saturated rings. The molecule has 0 spiro atoms. The number of carbonyl (C=O) groups is 1. The summed E-state index contributed by atoms with van der Waals surface area (Å²) >= 11 is 5.67. The van der Waals surface area contributed by atoms with Gasteiger partial charge in [0.2, 0.25) is 10.0 Å². The summed E-state index contributed by atoms with van der Waals surface area (Å²) in [6.45, 7) is 4.70. The number of carbonyl (C=O) groups excluding carboxylic acids is 1. The first-order chi connectivity index (χ1) is 11.3. The molecule has 0 bridgehead atoms. The number of hydrogen-bond acceptors (Lipinski definition) is 3. The molecule has 1 saturated heterocycles. The van der Waals surface area contributed by atoms with E-state index in [-0.39, 0.29) is 15.8 Å². The van der Waals surface area contributed by atoms with Crippen molar-refractivity contribution in [3.05, 3.63) is 29.0 Å². The van der Waals surface area contributed by atoms with Gasteiger partial charge in [-0.2, -0.15) is 4.31 Å². The van der Waals surface area contributed by atoms with Crippen LogP contribution in [0.25, 0.3) is 0 Å². The van der Waals surface area contributed by atoms with Gasteiger partial charge in [-0.25, -0.2) is 12.8 Å². The molecule has 1 aliphatic rings. The monoisotopic (exact) mass is 378 g/mol. The van der Waals surface area contributed by atoms with Crippen LogP contribution in [-0.4, -0.2) is 57.9 Å². The average molecular weight is 379 g/mol. The summed E-state index contributed by atoms with van der Waals surface area (Å²) in [6, 6.07) is 3.40. The lowest BCUT2D eigenvalue weighted by Crippen LogP contribution is -3.15. The molecule has 6 nitrogen and oxygen atoms in total. The van der Waals surface area contributed by atoms with Crippen LogP contribution in [0.15, 0.2) is 23.1 Å². The minimum atomic E-state index is -3.70. The number of nitrogens with zero attached hydrogens (tertiary/aromatic N) is 1. The molecule has 0 radical (unpaired) electrons. The lowest BCUT2D eigenvalue weighted by Gasteiger charge is -2.31. The fourth-order valence-electron chi connectivity index (χ4n) is 2.56. The Morgan fingerprint density at radius 1 is 1.38 bits per heavy atom. The molecule has 0 unspecified atom stereocenters. The Labute approximate surface area is 146 Å². The highest BCUT2D eigenvalue weighted by Crippen LogP contribution is 2.22. The van der Waals surface area contributed by atoms with Gasteiger partial charge in [-0.3, -0.25) is 4.79 Å². The standard InChI is InChI=1S/C15H21ClFN3O3S/c1-2-5-18-15(21)11-19-6-8-20(9-7-19)24(22,23)12-3-4-14(17)13(16)10-12/h3-4,10H,2,5-9,11H2,1H3,(H,18,21)/p+1. The van der Waals surface area contributed by atoms with Gasteiger partial charge in [0.05, 0.1) is 36.1 Å². The molecule has 0 aromatic heterocycles. The van der Waals surface area contributed by atoms with Crippen molar-refractivity contribution >= 4 is 27.5 Å². The van der Waals surface area contributed by atoms with Crippen molar-refractivity contribution in [2.45, 2.75) is 18.2 Å². The van der Waals surface area contributed by atoms with Gasteiger partial charge in [-0.1, -0.05) is 18.5 Å². The Hall–Kier alpha value is -1.22. The van der Waals surface area contributed by atoms with Crippen molar-refractivity contribution in [1.29, 1.82) is 0 Å². The quantitative estimate of drug-likeness (QED) is 0.726. The van der Waals surface area contributed by atoms with Crippen LogP contribution >= 0.6 is 11.6 Å². The molecule has 1 aromatic carbocycles. The van der Waals surface area contributed by atoms with Crippen molar-refractivity contribution < 1.29 is 22.5 Å². The molecule has 9 heteroatoms. The minimum absolute atomic E-state index is 0.0157. The Bertz CT molecular complexity index is 691. The van der Waals surface area contributed by atoms with Crippen LogP contribution in [0.3, 0.4) is 0 Å². The molecule has 0 atom stereocenters. The molecular weight excluding hydrogens is 357 g/mol. The van der Waals surface area contributed by atoms with E-state index < -0.39 is 15.8 Å². The second-order valence-electron chi connectivity index (χ2n) is 5.76. The Morgan fingerprint density at radius 3 is 2.62 bits per heavy atom. The molecule has 134 valence electrons. The van der Waals surface area contributed by atoms with E-state index in [2.05, 4.69) is 5.32 Å². The Morgan fingerprint density at radius 2 is 2.04 bits per heavy atom. The van der Waals surface area contributed by atoms with Crippen molar-refractivity contribution in [2.24, 2.45) is 0 Å². The zero-order chi connectivity index (χ0) is 17.7. The maximum absolute atomic E-state index is 13.2. The van der Waals surface area contributed by atoms with E-state index in [1.807, 2.05) is 6.92 Å². The first-order valence-electron chi connectivity index (χ1n) is 7.90. The third-order valence-corrected chi connectivity index (χ3v) is 6.13. The van der Waals surface area contributed by atoms with Crippen LogP contribution in [-0.2, 0) is 14.8 Å². The highest BCUT2D eigenvalue weighted by atomic mass is 35.5. The van der Waals surface area contributed by atoms with E-state index in [9.17, 15) is 17.6 Å². The zero-order valence-electron chi connectivity index (χ0n) is 13.5. The largest absolute Gasteiger partial charge is 0.351 e. The molecular formula is C15H22ClFN3O3S+. The SMILES string of the molecule is CCCNC(=O)C[NH+]1CCN(S(=O)(=O)c2ccc(F)c(Cl)c2)CC1. The number of benzene rings is 1. The number of nitrogens with one attached hydrogen (secondary N) is 2. The molecule has 0 aliphatic carbocycles. The third-order valence-electron chi connectivity index (χ3n) is 3.94. The molecule has 1 aliphatic heterocycles. The zero-order valence-corrected chi connectivity index (χ0v) is 15.1. The Kier molecular flexibility index (Phi) is 6.56. The van der Waals surface area contributed by atoms with Gasteiger partial charge in [0.15, 0.2) is 6.54 Å². The van der Waals surface area contributed by atoms with Gasteiger partial charge in [0.1, 0.15) is 5.82 Å². The van der Waals surface area contributed by atoms with Gasteiger partial charge in [0.25, 0.3) is 5.91 Å². The van der Waals surface area contributed by atoms with Gasteiger partial charge in [-0.15, -0.1) is 0 Å². The molecule has 24 heavy (non-hydrogen) atoms.